The van der Waals surface area contributed by atoms with Gasteiger partial charge < -0.3 is 28.7 Å². The zero-order valence-electron chi connectivity index (χ0n) is 21.5. The summed E-state index contributed by atoms with van der Waals surface area (Å²) < 4.78 is 28.2. The molecule has 0 atom stereocenters. The van der Waals surface area contributed by atoms with E-state index in [9.17, 15) is 9.59 Å². The zero-order chi connectivity index (χ0) is 26.5. The van der Waals surface area contributed by atoms with Gasteiger partial charge in [-0.1, -0.05) is 6.07 Å². The van der Waals surface area contributed by atoms with E-state index < -0.39 is 12.5 Å². The number of rotatable bonds is 9. The second-order valence-corrected chi connectivity index (χ2v) is 8.41. The van der Waals surface area contributed by atoms with Gasteiger partial charge in [-0.05, 0) is 80.4 Å². The van der Waals surface area contributed by atoms with Gasteiger partial charge in [0.05, 0.1) is 26.2 Å². The van der Waals surface area contributed by atoms with Crippen LogP contribution in [0.2, 0.25) is 0 Å². The van der Waals surface area contributed by atoms with Crippen LogP contribution < -0.4 is 29.7 Å². The lowest BCUT2D eigenvalue weighted by atomic mass is 10.0. The number of fused-ring (bicyclic) bond motifs is 1. The quantitative estimate of drug-likeness (QED) is 0.322. The second-order valence-electron chi connectivity index (χ2n) is 8.41. The van der Waals surface area contributed by atoms with Gasteiger partial charge >= 0.3 is 0 Å². The molecule has 0 aliphatic rings. The van der Waals surface area contributed by atoms with Crippen molar-refractivity contribution in [1.29, 1.82) is 0 Å². The Kier molecular flexibility index (Phi) is 7.67. The predicted molar refractivity (Wildman–Crippen MR) is 142 cm³/mol. The first kappa shape index (κ1) is 25.6. The Labute approximate surface area is 214 Å². The highest BCUT2D eigenvalue weighted by molar-refractivity contribution is 5.92. The van der Waals surface area contributed by atoms with Crippen LogP contribution in [-0.2, 0) is 4.79 Å². The molecule has 8 nitrogen and oxygen atoms in total. The zero-order valence-corrected chi connectivity index (χ0v) is 21.5. The molecule has 1 heterocycles. The monoisotopic (exact) mass is 503 g/mol. The highest BCUT2D eigenvalue weighted by Crippen LogP contribution is 2.37. The van der Waals surface area contributed by atoms with Crippen molar-refractivity contribution < 1.29 is 28.2 Å². The molecule has 37 heavy (non-hydrogen) atoms. The number of methoxy groups -OCH3 is 2. The van der Waals surface area contributed by atoms with E-state index in [1.54, 1.807) is 48.5 Å². The summed E-state index contributed by atoms with van der Waals surface area (Å²) in [5.74, 6) is 1.39. The van der Waals surface area contributed by atoms with E-state index in [2.05, 4.69) is 5.32 Å². The van der Waals surface area contributed by atoms with Crippen LogP contribution in [0.1, 0.15) is 18.1 Å². The third kappa shape index (κ3) is 5.53. The number of hydrogen-bond acceptors (Lipinski definition) is 7. The minimum atomic E-state index is -0.428. The average molecular weight is 504 g/mol. The Morgan fingerprint density at radius 3 is 2.32 bits per heavy atom. The minimum Gasteiger partial charge on any atom is -0.494 e. The van der Waals surface area contributed by atoms with E-state index in [1.165, 1.54) is 14.2 Å². The second kappa shape index (κ2) is 11.1. The van der Waals surface area contributed by atoms with Gasteiger partial charge in [0, 0.05) is 11.3 Å². The van der Waals surface area contributed by atoms with Crippen LogP contribution in [0.3, 0.4) is 0 Å². The van der Waals surface area contributed by atoms with Crippen LogP contribution in [0.5, 0.6) is 23.0 Å². The van der Waals surface area contributed by atoms with E-state index >= 15 is 0 Å². The number of carbonyl (C=O) groups excluding carboxylic acids is 1. The maximum Gasteiger partial charge on any atom is 0.262 e. The first-order valence-corrected chi connectivity index (χ1v) is 11.8. The number of anilines is 1. The molecule has 0 spiro atoms. The standard InChI is InChI=1S/C29H29NO7/c1-6-35-21-10-8-20(9-11-21)30-25(31)16-36-29-27(32)26-18(3)13-17(2)14-24(26)37-28(29)19-7-12-22(33-4)23(15-19)34-5/h7-15H,6,16H2,1-5H3,(H,30,31). The van der Waals surface area contributed by atoms with Crippen molar-refractivity contribution in [2.75, 3.05) is 32.8 Å². The lowest BCUT2D eigenvalue weighted by molar-refractivity contribution is -0.118. The molecule has 3 aromatic carbocycles. The van der Waals surface area contributed by atoms with Crippen LogP contribution in [-0.4, -0.2) is 33.3 Å². The van der Waals surface area contributed by atoms with Crippen molar-refractivity contribution in [3.05, 3.63) is 75.9 Å². The summed E-state index contributed by atoms with van der Waals surface area (Å²) >= 11 is 0. The summed E-state index contributed by atoms with van der Waals surface area (Å²) in [5.41, 5.74) is 2.89. The molecule has 0 saturated carbocycles. The molecular weight excluding hydrogens is 474 g/mol. The predicted octanol–water partition coefficient (Wildman–Crippen LogP) is 5.51. The molecule has 0 aliphatic heterocycles. The average Bonchev–Trinajstić information content (AvgIpc) is 2.88. The highest BCUT2D eigenvalue weighted by atomic mass is 16.5. The molecule has 1 aromatic heterocycles. The van der Waals surface area contributed by atoms with E-state index in [0.717, 1.165) is 11.1 Å². The topological polar surface area (TPSA) is 96.2 Å². The van der Waals surface area contributed by atoms with Gasteiger partial charge in [0.1, 0.15) is 11.3 Å². The first-order valence-electron chi connectivity index (χ1n) is 11.8. The summed E-state index contributed by atoms with van der Waals surface area (Å²) in [6.45, 7) is 5.82. The van der Waals surface area contributed by atoms with Crippen molar-refractivity contribution in [3.8, 4) is 34.3 Å². The van der Waals surface area contributed by atoms with E-state index in [-0.39, 0.29) is 16.9 Å². The highest BCUT2D eigenvalue weighted by Gasteiger charge is 2.21. The molecule has 0 unspecified atom stereocenters. The number of benzene rings is 3. The Morgan fingerprint density at radius 2 is 1.65 bits per heavy atom. The number of hydrogen-bond donors (Lipinski definition) is 1. The molecule has 0 aliphatic carbocycles. The van der Waals surface area contributed by atoms with Gasteiger partial charge in [-0.15, -0.1) is 0 Å². The number of nitrogens with one attached hydrogen (secondary N) is 1. The number of aryl methyl sites for hydroxylation is 2. The van der Waals surface area contributed by atoms with Gasteiger partial charge in [0.15, 0.2) is 23.9 Å². The molecule has 0 radical (unpaired) electrons. The number of amides is 1. The van der Waals surface area contributed by atoms with Crippen LogP contribution in [0, 0.1) is 13.8 Å². The Hall–Kier alpha value is -4.46. The Morgan fingerprint density at radius 1 is 0.919 bits per heavy atom. The van der Waals surface area contributed by atoms with Crippen molar-refractivity contribution in [2.24, 2.45) is 0 Å². The van der Waals surface area contributed by atoms with E-state index in [0.29, 0.717) is 46.1 Å². The normalized spacial score (nSPS) is 10.7. The molecule has 4 aromatic rings. The summed E-state index contributed by atoms with van der Waals surface area (Å²) in [7, 11) is 3.06. The lowest BCUT2D eigenvalue weighted by Crippen LogP contribution is -2.22. The lowest BCUT2D eigenvalue weighted by Gasteiger charge is -2.14. The summed E-state index contributed by atoms with van der Waals surface area (Å²) in [4.78, 5) is 26.3. The maximum absolute atomic E-state index is 13.6. The van der Waals surface area contributed by atoms with Gasteiger partial charge in [-0.3, -0.25) is 9.59 Å². The first-order chi connectivity index (χ1) is 17.8. The molecule has 1 amide bonds. The molecule has 1 N–H and O–H groups in total. The fourth-order valence-electron chi connectivity index (χ4n) is 4.11. The van der Waals surface area contributed by atoms with Crippen molar-refractivity contribution in [3.63, 3.8) is 0 Å². The molecule has 0 saturated heterocycles. The van der Waals surface area contributed by atoms with Gasteiger partial charge in [0.2, 0.25) is 11.2 Å². The fourth-order valence-corrected chi connectivity index (χ4v) is 4.11. The molecule has 8 heteroatoms. The van der Waals surface area contributed by atoms with Crippen LogP contribution in [0.15, 0.2) is 63.8 Å². The van der Waals surface area contributed by atoms with E-state index in [4.69, 9.17) is 23.4 Å². The molecule has 192 valence electrons. The molecular formula is C29H29NO7. The Balaban J connectivity index is 1.70. The van der Waals surface area contributed by atoms with Gasteiger partial charge in [-0.25, -0.2) is 0 Å². The Bertz CT molecular complexity index is 1490. The molecule has 0 fully saturated rings. The summed E-state index contributed by atoms with van der Waals surface area (Å²) in [6, 6.07) is 15.8. The largest absolute Gasteiger partial charge is 0.494 e. The third-order valence-electron chi connectivity index (χ3n) is 5.74. The summed E-state index contributed by atoms with van der Waals surface area (Å²) in [6.07, 6.45) is 0. The van der Waals surface area contributed by atoms with Gasteiger partial charge in [-0.2, -0.15) is 0 Å². The van der Waals surface area contributed by atoms with E-state index in [1.807, 2.05) is 26.8 Å². The van der Waals surface area contributed by atoms with Gasteiger partial charge in [0.25, 0.3) is 5.91 Å². The van der Waals surface area contributed by atoms with Crippen molar-refractivity contribution in [1.82, 2.24) is 0 Å². The smallest absolute Gasteiger partial charge is 0.262 e. The van der Waals surface area contributed by atoms with Crippen LogP contribution in [0.4, 0.5) is 5.69 Å². The molecule has 0 bridgehead atoms. The summed E-state index contributed by atoms with van der Waals surface area (Å²) in [5, 5.41) is 3.16. The van der Waals surface area contributed by atoms with Crippen molar-refractivity contribution in [2.45, 2.75) is 20.8 Å². The van der Waals surface area contributed by atoms with Crippen molar-refractivity contribution >= 4 is 22.6 Å². The maximum atomic E-state index is 13.6. The fraction of sp³-hybridized carbons (Fsp3) is 0.241. The molecule has 4 rings (SSSR count). The number of carbonyl (C=O) groups is 1. The SMILES string of the molecule is CCOc1ccc(NC(=O)COc2c(-c3ccc(OC)c(OC)c3)oc3cc(C)cc(C)c3c2=O)cc1. The van der Waals surface area contributed by atoms with Crippen LogP contribution >= 0.6 is 0 Å². The number of ether oxygens (including phenoxy) is 4. The third-order valence-corrected chi connectivity index (χ3v) is 5.74. The minimum absolute atomic E-state index is 0.0616. The van der Waals surface area contributed by atoms with Crippen LogP contribution in [0.25, 0.3) is 22.3 Å².